The number of hydrogen-bond acceptors (Lipinski definition) is 4. The van der Waals surface area contributed by atoms with E-state index in [9.17, 15) is 14.7 Å². The van der Waals surface area contributed by atoms with Crippen LogP contribution in [0, 0.1) is 5.92 Å². The summed E-state index contributed by atoms with van der Waals surface area (Å²) in [7, 11) is 1.84. The molecule has 0 aliphatic heterocycles. The van der Waals surface area contributed by atoms with Gasteiger partial charge in [0.15, 0.2) is 5.78 Å². The van der Waals surface area contributed by atoms with E-state index in [4.69, 9.17) is 0 Å². The van der Waals surface area contributed by atoms with E-state index in [2.05, 4.69) is 5.32 Å². The van der Waals surface area contributed by atoms with Gasteiger partial charge in [0.2, 0.25) is 5.91 Å². The number of rotatable bonds is 7. The molecule has 1 fully saturated rings. The molecule has 0 aromatic heterocycles. The maximum absolute atomic E-state index is 12.2. The molecule has 0 bridgehead atoms. The molecule has 0 heterocycles. The number of anilines is 1. The predicted octanol–water partition coefficient (Wildman–Crippen LogP) is 1.92. The number of aliphatic hydroxyl groups is 1. The van der Waals surface area contributed by atoms with Crippen LogP contribution in [0.2, 0.25) is 0 Å². The average molecular weight is 304 g/mol. The van der Waals surface area contributed by atoms with Crippen LogP contribution in [-0.2, 0) is 4.79 Å². The lowest BCUT2D eigenvalue weighted by Crippen LogP contribution is -2.43. The van der Waals surface area contributed by atoms with Gasteiger partial charge in [-0.3, -0.25) is 14.5 Å². The highest BCUT2D eigenvalue weighted by Crippen LogP contribution is 2.32. The van der Waals surface area contributed by atoms with Gasteiger partial charge in [-0.1, -0.05) is 0 Å². The fraction of sp³-hybridized carbons (Fsp3) is 0.529. The fourth-order valence-corrected chi connectivity index (χ4v) is 2.32. The molecule has 1 aliphatic carbocycles. The number of nitrogens with one attached hydrogen (secondary N) is 1. The van der Waals surface area contributed by atoms with Crippen LogP contribution >= 0.6 is 0 Å². The van der Waals surface area contributed by atoms with Crippen molar-refractivity contribution in [1.29, 1.82) is 0 Å². The van der Waals surface area contributed by atoms with E-state index in [1.807, 2.05) is 18.9 Å². The number of benzene rings is 1. The van der Waals surface area contributed by atoms with Crippen molar-refractivity contribution in [2.45, 2.75) is 38.8 Å². The van der Waals surface area contributed by atoms with Gasteiger partial charge in [0.05, 0.1) is 12.1 Å². The molecule has 22 heavy (non-hydrogen) atoms. The van der Waals surface area contributed by atoms with Gasteiger partial charge < -0.3 is 10.4 Å². The van der Waals surface area contributed by atoms with E-state index >= 15 is 0 Å². The minimum atomic E-state index is -0.352. The lowest BCUT2D eigenvalue weighted by Gasteiger charge is -2.26. The standard InChI is InChI=1S/C17H24N2O3/c1-11(19(3)10-16(21)14-4-5-14)17(22)18-15-8-6-13(7-9-15)12(2)20/h6-9,11,14,16,21H,4-5,10H2,1-3H3,(H,18,22). The lowest BCUT2D eigenvalue weighted by molar-refractivity contribution is -0.120. The summed E-state index contributed by atoms with van der Waals surface area (Å²) >= 11 is 0. The molecule has 5 heteroatoms. The zero-order valence-electron chi connectivity index (χ0n) is 13.4. The summed E-state index contributed by atoms with van der Waals surface area (Å²) in [5.74, 6) is 0.276. The van der Waals surface area contributed by atoms with Crippen molar-refractivity contribution in [2.75, 3.05) is 18.9 Å². The van der Waals surface area contributed by atoms with Crippen molar-refractivity contribution in [1.82, 2.24) is 4.90 Å². The zero-order valence-corrected chi connectivity index (χ0v) is 13.4. The summed E-state index contributed by atoms with van der Waals surface area (Å²) in [5.41, 5.74) is 1.29. The number of hydrogen-bond donors (Lipinski definition) is 2. The molecule has 1 aromatic rings. The van der Waals surface area contributed by atoms with Gasteiger partial charge in [0.25, 0.3) is 0 Å². The second-order valence-corrected chi connectivity index (χ2v) is 6.14. The number of Topliss-reactive ketones (excluding diaryl/α,β-unsaturated/α-hetero) is 1. The Morgan fingerprint density at radius 2 is 1.91 bits per heavy atom. The van der Waals surface area contributed by atoms with Crippen molar-refractivity contribution in [3.8, 4) is 0 Å². The smallest absolute Gasteiger partial charge is 0.241 e. The largest absolute Gasteiger partial charge is 0.392 e. The van der Waals surface area contributed by atoms with E-state index in [1.54, 1.807) is 24.3 Å². The van der Waals surface area contributed by atoms with E-state index in [0.717, 1.165) is 12.8 Å². The van der Waals surface area contributed by atoms with Crippen molar-refractivity contribution < 1.29 is 14.7 Å². The summed E-state index contributed by atoms with van der Waals surface area (Å²) in [6.07, 6.45) is 1.81. The minimum absolute atomic E-state index is 0.0000384. The SMILES string of the molecule is CC(=O)c1ccc(NC(=O)C(C)N(C)CC(O)C2CC2)cc1. The number of nitrogens with zero attached hydrogens (tertiary/aromatic N) is 1. The molecule has 1 aliphatic rings. The van der Waals surface area contributed by atoms with Crippen molar-refractivity contribution >= 4 is 17.4 Å². The van der Waals surface area contributed by atoms with Crippen LogP contribution in [0.3, 0.4) is 0 Å². The molecule has 1 amide bonds. The third kappa shape index (κ3) is 4.39. The van der Waals surface area contributed by atoms with Crippen LogP contribution < -0.4 is 5.32 Å². The Morgan fingerprint density at radius 3 is 2.41 bits per heavy atom. The first kappa shape index (κ1) is 16.6. The molecule has 0 radical (unpaired) electrons. The maximum Gasteiger partial charge on any atom is 0.241 e. The third-order valence-electron chi connectivity index (χ3n) is 4.24. The highest BCUT2D eigenvalue weighted by Gasteiger charge is 2.31. The molecule has 2 rings (SSSR count). The van der Waals surface area contributed by atoms with Crippen molar-refractivity contribution in [3.05, 3.63) is 29.8 Å². The molecule has 2 unspecified atom stereocenters. The van der Waals surface area contributed by atoms with Crippen LogP contribution in [-0.4, -0.2) is 47.4 Å². The molecular weight excluding hydrogens is 280 g/mol. The van der Waals surface area contributed by atoms with Crippen LogP contribution in [0.15, 0.2) is 24.3 Å². The van der Waals surface area contributed by atoms with Gasteiger partial charge in [-0.2, -0.15) is 0 Å². The lowest BCUT2D eigenvalue weighted by atomic mass is 10.1. The molecule has 2 atom stereocenters. The topological polar surface area (TPSA) is 69.6 Å². The number of carbonyl (C=O) groups excluding carboxylic acids is 2. The molecule has 0 spiro atoms. The summed E-state index contributed by atoms with van der Waals surface area (Å²) in [6.45, 7) is 3.83. The Hall–Kier alpha value is -1.72. The molecule has 1 aromatic carbocycles. The molecule has 120 valence electrons. The monoisotopic (exact) mass is 304 g/mol. The molecule has 2 N–H and O–H groups in total. The first-order chi connectivity index (χ1) is 10.4. The second kappa shape index (κ2) is 7.03. The van der Waals surface area contributed by atoms with Crippen LogP contribution in [0.1, 0.15) is 37.0 Å². The highest BCUT2D eigenvalue weighted by atomic mass is 16.3. The number of likely N-dealkylation sites (N-methyl/N-ethyl adjacent to an activating group) is 1. The van der Waals surface area contributed by atoms with Gasteiger partial charge in [-0.05, 0) is 63.9 Å². The Labute approximate surface area is 131 Å². The molecule has 5 nitrogen and oxygen atoms in total. The van der Waals surface area contributed by atoms with Crippen LogP contribution in [0.5, 0.6) is 0 Å². The summed E-state index contributed by atoms with van der Waals surface area (Å²) in [4.78, 5) is 25.3. The van der Waals surface area contributed by atoms with Crippen molar-refractivity contribution in [2.24, 2.45) is 5.92 Å². The zero-order chi connectivity index (χ0) is 16.3. The van der Waals surface area contributed by atoms with E-state index in [1.165, 1.54) is 6.92 Å². The van der Waals surface area contributed by atoms with E-state index in [-0.39, 0.29) is 23.8 Å². The normalized spacial score (nSPS) is 17.1. The molecule has 0 saturated heterocycles. The summed E-state index contributed by atoms with van der Waals surface area (Å²) in [6, 6.07) is 6.51. The molecule has 1 saturated carbocycles. The van der Waals surface area contributed by atoms with Gasteiger partial charge >= 0.3 is 0 Å². The van der Waals surface area contributed by atoms with Crippen molar-refractivity contribution in [3.63, 3.8) is 0 Å². The Balaban J connectivity index is 1.88. The van der Waals surface area contributed by atoms with Gasteiger partial charge in [-0.25, -0.2) is 0 Å². The van der Waals surface area contributed by atoms with E-state index < -0.39 is 0 Å². The molecular formula is C17H24N2O3. The third-order valence-corrected chi connectivity index (χ3v) is 4.24. The van der Waals surface area contributed by atoms with Gasteiger partial charge in [0, 0.05) is 17.8 Å². The number of ketones is 1. The highest BCUT2D eigenvalue weighted by molar-refractivity contribution is 5.96. The van der Waals surface area contributed by atoms with E-state index in [0.29, 0.717) is 23.7 Å². The summed E-state index contributed by atoms with van der Waals surface area (Å²) in [5, 5.41) is 12.8. The quantitative estimate of drug-likeness (QED) is 0.755. The van der Waals surface area contributed by atoms with Crippen LogP contribution in [0.4, 0.5) is 5.69 Å². The first-order valence-electron chi connectivity index (χ1n) is 7.68. The van der Waals surface area contributed by atoms with Crippen LogP contribution in [0.25, 0.3) is 0 Å². The summed E-state index contributed by atoms with van der Waals surface area (Å²) < 4.78 is 0. The Morgan fingerprint density at radius 1 is 1.32 bits per heavy atom. The number of aliphatic hydroxyl groups excluding tert-OH is 1. The van der Waals surface area contributed by atoms with Gasteiger partial charge in [-0.15, -0.1) is 0 Å². The minimum Gasteiger partial charge on any atom is -0.392 e. The number of amides is 1. The maximum atomic E-state index is 12.2. The fourth-order valence-electron chi connectivity index (χ4n) is 2.32. The second-order valence-electron chi connectivity index (χ2n) is 6.14. The number of carbonyl (C=O) groups is 2. The average Bonchev–Trinajstić information content (AvgIpc) is 3.31. The van der Waals surface area contributed by atoms with Gasteiger partial charge in [0.1, 0.15) is 0 Å². The first-order valence-corrected chi connectivity index (χ1v) is 7.68. The predicted molar refractivity (Wildman–Crippen MR) is 85.9 cm³/mol. The Kier molecular flexibility index (Phi) is 5.32. The Bertz CT molecular complexity index is 537.